The number of aliphatic hydroxyl groups is 4. The van der Waals surface area contributed by atoms with Crippen LogP contribution in [0.15, 0.2) is 30.9 Å². The number of fused-ring (bicyclic) bond motifs is 3. The molecule has 4 aliphatic rings. The third-order valence-electron chi connectivity index (χ3n) is 12.1. The number of phenols is 1. The molecule has 0 amide bonds. The highest BCUT2D eigenvalue weighted by atomic mass is 16.7. The first kappa shape index (κ1) is 37.5. The zero-order chi connectivity index (χ0) is 35.9. The Hall–Kier alpha value is -2.71. The molecule has 0 radical (unpaired) electrons. The zero-order valence-corrected chi connectivity index (χ0v) is 29.5. The lowest BCUT2D eigenvalue weighted by atomic mass is 9.43. The van der Waals surface area contributed by atoms with E-state index in [0.717, 1.165) is 32.1 Å². The minimum Gasteiger partial charge on any atom is -0.502 e. The fourth-order valence-corrected chi connectivity index (χ4v) is 9.43. The van der Waals surface area contributed by atoms with Crippen molar-refractivity contribution in [3.63, 3.8) is 0 Å². The van der Waals surface area contributed by atoms with E-state index in [0.29, 0.717) is 12.0 Å². The van der Waals surface area contributed by atoms with Crippen molar-refractivity contribution >= 4 is 12.0 Å². The van der Waals surface area contributed by atoms with E-state index < -0.39 is 60.4 Å². The Kier molecular flexibility index (Phi) is 10.8. The summed E-state index contributed by atoms with van der Waals surface area (Å²) in [4.78, 5) is 13.4. The Morgan fingerprint density at radius 2 is 1.61 bits per heavy atom. The van der Waals surface area contributed by atoms with Gasteiger partial charge in [-0.1, -0.05) is 19.9 Å². The summed E-state index contributed by atoms with van der Waals surface area (Å²) < 4.78 is 35.4. The Labute approximate surface area is 288 Å². The summed E-state index contributed by atoms with van der Waals surface area (Å²) >= 11 is 0. The predicted octanol–water partition coefficient (Wildman–Crippen LogP) is 3.50. The SMILES string of the molecule is C=C[C@@]1(C)CC[C@@H]2[C@@]3(C)CC[C@@H](OC(=O)C=Cc4cc(OC)c(O)c(OC)c4)[C@@](C)(CO[C@@H]4O[C@H](CO)[C@@H](O)[C@H](O)[C@H]4O)[C@@H]3CC[C@@]2(C)O1. The van der Waals surface area contributed by atoms with Crippen LogP contribution in [0.4, 0.5) is 0 Å². The molecule has 5 rings (SSSR count). The van der Waals surface area contributed by atoms with Gasteiger partial charge in [-0.25, -0.2) is 4.79 Å². The van der Waals surface area contributed by atoms with Crippen molar-refractivity contribution in [3.8, 4) is 17.2 Å². The first-order valence-electron chi connectivity index (χ1n) is 17.2. The predicted molar refractivity (Wildman–Crippen MR) is 179 cm³/mol. The molecular weight excluding hydrogens is 636 g/mol. The molecule has 2 saturated carbocycles. The van der Waals surface area contributed by atoms with Gasteiger partial charge >= 0.3 is 5.97 Å². The number of hydrogen-bond donors (Lipinski definition) is 5. The van der Waals surface area contributed by atoms with Gasteiger partial charge in [-0.05, 0) is 93.4 Å². The summed E-state index contributed by atoms with van der Waals surface area (Å²) in [6, 6.07) is 3.16. The molecule has 0 aromatic heterocycles. The van der Waals surface area contributed by atoms with Crippen molar-refractivity contribution in [2.24, 2.45) is 22.7 Å². The second kappa shape index (κ2) is 14.1. The van der Waals surface area contributed by atoms with E-state index in [4.69, 9.17) is 28.4 Å². The number of hydrogen-bond acceptors (Lipinski definition) is 12. The molecule has 0 bridgehead atoms. The number of carbonyl (C=O) groups excluding carboxylic acids is 1. The molecule has 49 heavy (non-hydrogen) atoms. The summed E-state index contributed by atoms with van der Waals surface area (Å²) in [7, 11) is 2.84. The molecule has 1 aromatic carbocycles. The maximum Gasteiger partial charge on any atom is 0.331 e. The van der Waals surface area contributed by atoms with Crippen LogP contribution in [0.1, 0.15) is 71.8 Å². The third-order valence-corrected chi connectivity index (χ3v) is 12.1. The number of aliphatic hydroxyl groups excluding tert-OH is 4. The molecule has 12 nitrogen and oxygen atoms in total. The Bertz CT molecular complexity index is 1370. The zero-order valence-electron chi connectivity index (χ0n) is 29.5. The van der Waals surface area contributed by atoms with E-state index >= 15 is 0 Å². The average molecular weight is 691 g/mol. The van der Waals surface area contributed by atoms with E-state index in [-0.39, 0.29) is 46.7 Å². The maximum atomic E-state index is 13.4. The lowest BCUT2D eigenvalue weighted by molar-refractivity contribution is -0.318. The number of ether oxygens (including phenoxy) is 6. The number of rotatable bonds is 10. The highest BCUT2D eigenvalue weighted by molar-refractivity contribution is 5.87. The molecule has 2 aliphatic carbocycles. The molecule has 4 fully saturated rings. The minimum atomic E-state index is -1.58. The molecule has 2 heterocycles. The van der Waals surface area contributed by atoms with E-state index in [1.165, 1.54) is 20.3 Å². The van der Waals surface area contributed by atoms with Crippen LogP contribution in [0.5, 0.6) is 17.2 Å². The summed E-state index contributed by atoms with van der Waals surface area (Å²) in [6.45, 7) is 12.1. The second-order valence-electron chi connectivity index (χ2n) is 15.2. The molecular formula is C37H54O12. The van der Waals surface area contributed by atoms with Crippen molar-refractivity contribution in [1.82, 2.24) is 0 Å². The van der Waals surface area contributed by atoms with Crippen molar-refractivity contribution < 1.29 is 58.7 Å². The highest BCUT2D eigenvalue weighted by Gasteiger charge is 2.65. The topological polar surface area (TPSA) is 174 Å². The molecule has 12 heteroatoms. The van der Waals surface area contributed by atoms with Gasteiger partial charge in [0.05, 0.1) is 38.6 Å². The lowest BCUT2D eigenvalue weighted by Gasteiger charge is -2.66. The van der Waals surface area contributed by atoms with Gasteiger partial charge in [0, 0.05) is 11.5 Å². The van der Waals surface area contributed by atoms with Gasteiger partial charge in [-0.15, -0.1) is 6.58 Å². The van der Waals surface area contributed by atoms with Gasteiger partial charge in [0.2, 0.25) is 5.75 Å². The fraction of sp³-hybridized carbons (Fsp3) is 0.703. The van der Waals surface area contributed by atoms with E-state index in [9.17, 15) is 30.3 Å². The fourth-order valence-electron chi connectivity index (χ4n) is 9.43. The van der Waals surface area contributed by atoms with Crippen LogP contribution < -0.4 is 9.47 Å². The Balaban J connectivity index is 1.42. The van der Waals surface area contributed by atoms with Crippen molar-refractivity contribution in [2.75, 3.05) is 27.4 Å². The summed E-state index contributed by atoms with van der Waals surface area (Å²) in [5, 5.41) is 51.5. The van der Waals surface area contributed by atoms with Crippen LogP contribution in [-0.4, -0.2) is 107 Å². The average Bonchev–Trinajstić information content (AvgIpc) is 3.07. The molecule has 5 N–H and O–H groups in total. The maximum absolute atomic E-state index is 13.4. The lowest BCUT2D eigenvalue weighted by Crippen LogP contribution is -2.66. The summed E-state index contributed by atoms with van der Waals surface area (Å²) in [5.74, 6) is -0.0917. The number of carbonyl (C=O) groups is 1. The van der Waals surface area contributed by atoms with Gasteiger partial charge in [0.15, 0.2) is 17.8 Å². The number of benzene rings is 1. The molecule has 12 atom stereocenters. The minimum absolute atomic E-state index is 0.0125. The monoisotopic (exact) mass is 690 g/mol. The van der Waals surface area contributed by atoms with Crippen LogP contribution in [-0.2, 0) is 23.7 Å². The molecule has 2 aliphatic heterocycles. The molecule has 274 valence electrons. The summed E-state index contributed by atoms with van der Waals surface area (Å²) in [6.07, 6.45) is 1.79. The molecule has 2 saturated heterocycles. The number of phenolic OH excluding ortho intramolecular Hbond substituents is 1. The van der Waals surface area contributed by atoms with Crippen molar-refractivity contribution in [1.29, 1.82) is 0 Å². The smallest absolute Gasteiger partial charge is 0.331 e. The molecule has 0 unspecified atom stereocenters. The van der Waals surface area contributed by atoms with Crippen LogP contribution >= 0.6 is 0 Å². The number of methoxy groups -OCH3 is 2. The number of esters is 1. The van der Waals surface area contributed by atoms with Crippen LogP contribution in [0.3, 0.4) is 0 Å². The Morgan fingerprint density at radius 3 is 2.22 bits per heavy atom. The van der Waals surface area contributed by atoms with E-state index in [1.54, 1.807) is 18.2 Å². The van der Waals surface area contributed by atoms with E-state index in [1.807, 2.05) is 13.0 Å². The van der Waals surface area contributed by atoms with Crippen LogP contribution in [0.25, 0.3) is 6.08 Å². The summed E-state index contributed by atoms with van der Waals surface area (Å²) in [5.41, 5.74) is -1.19. The highest BCUT2D eigenvalue weighted by Crippen LogP contribution is 2.66. The van der Waals surface area contributed by atoms with E-state index in [2.05, 4.69) is 27.4 Å². The Morgan fingerprint density at radius 1 is 0.959 bits per heavy atom. The quantitative estimate of drug-likeness (QED) is 0.138. The number of aromatic hydroxyl groups is 1. The molecule has 1 aromatic rings. The van der Waals surface area contributed by atoms with Crippen molar-refractivity contribution in [2.45, 2.75) is 114 Å². The largest absolute Gasteiger partial charge is 0.502 e. The van der Waals surface area contributed by atoms with Gasteiger partial charge in [-0.3, -0.25) is 0 Å². The van der Waals surface area contributed by atoms with Gasteiger partial charge in [0.1, 0.15) is 30.5 Å². The van der Waals surface area contributed by atoms with Crippen LogP contribution in [0.2, 0.25) is 0 Å². The normalized spacial score (nSPS) is 42.2. The van der Waals surface area contributed by atoms with Gasteiger partial charge < -0.3 is 54.0 Å². The van der Waals surface area contributed by atoms with Crippen molar-refractivity contribution in [3.05, 3.63) is 36.4 Å². The second-order valence-corrected chi connectivity index (χ2v) is 15.2. The first-order chi connectivity index (χ1) is 23.1. The third kappa shape index (κ3) is 6.85. The molecule has 0 spiro atoms. The standard InChI is InChI=1S/C37H54O12/c1-8-34(2)14-11-26-35(3)15-13-27(48-28(39)10-9-21-17-22(44-6)29(40)23(18-21)45-7)36(4,25(35)12-16-37(26,5)49-34)20-46-33-32(43)31(42)30(41)24(19-38)47-33/h8-10,17-18,24-27,30-33,38,40-43H,1,11-16,19-20H2,2-7H3/t24-,25-,26-,27-,30-,31+,32-,33-,34+,35+,36+,37-/m1/s1. The van der Waals surface area contributed by atoms with Gasteiger partial charge in [0.25, 0.3) is 0 Å². The first-order valence-corrected chi connectivity index (χ1v) is 17.2. The van der Waals surface area contributed by atoms with Crippen LogP contribution in [0, 0.1) is 22.7 Å². The van der Waals surface area contributed by atoms with Gasteiger partial charge in [-0.2, -0.15) is 0 Å².